The Morgan fingerprint density at radius 2 is 1.84 bits per heavy atom. The molecule has 2 aromatic rings. The molecular weight excluding hydrogens is 310 g/mol. The zero-order valence-electron chi connectivity index (χ0n) is 11.3. The first-order valence-electron chi connectivity index (χ1n) is 5.70. The van der Waals surface area contributed by atoms with Crippen molar-refractivity contribution in [2.45, 2.75) is 6.92 Å². The molecule has 0 aliphatic heterocycles. The van der Waals surface area contributed by atoms with E-state index >= 15 is 0 Å². The summed E-state index contributed by atoms with van der Waals surface area (Å²) in [6.07, 6.45) is 0. The van der Waals surface area contributed by atoms with Crippen molar-refractivity contribution in [3.63, 3.8) is 0 Å². The van der Waals surface area contributed by atoms with Crippen molar-refractivity contribution in [1.82, 2.24) is 9.78 Å². The van der Waals surface area contributed by atoms with Gasteiger partial charge in [-0.3, -0.25) is 4.68 Å². The van der Waals surface area contributed by atoms with Crippen molar-refractivity contribution >= 4 is 21.7 Å². The van der Waals surface area contributed by atoms with Gasteiger partial charge in [-0.25, -0.2) is 0 Å². The molecule has 2 rings (SSSR count). The maximum absolute atomic E-state index is 5.82. The molecule has 2 N–H and O–H groups in total. The summed E-state index contributed by atoms with van der Waals surface area (Å²) in [4.78, 5) is 0. The molecule has 0 unspecified atom stereocenters. The number of rotatable bonds is 3. The van der Waals surface area contributed by atoms with E-state index in [9.17, 15) is 0 Å². The summed E-state index contributed by atoms with van der Waals surface area (Å²) in [5.74, 6) is 1.94. The molecule has 0 aliphatic carbocycles. The van der Waals surface area contributed by atoms with Crippen molar-refractivity contribution in [3.8, 4) is 22.8 Å². The third kappa shape index (κ3) is 2.28. The average molecular weight is 326 g/mol. The number of nitrogen functional groups attached to an aromatic ring is 1. The summed E-state index contributed by atoms with van der Waals surface area (Å²) >= 11 is 3.52. The summed E-state index contributed by atoms with van der Waals surface area (Å²) in [5.41, 5.74) is 8.39. The van der Waals surface area contributed by atoms with Gasteiger partial charge in [-0.2, -0.15) is 5.10 Å². The lowest BCUT2D eigenvalue weighted by atomic mass is 10.1. The number of hydrogen-bond acceptors (Lipinski definition) is 4. The van der Waals surface area contributed by atoms with Crippen LogP contribution in [0.5, 0.6) is 11.5 Å². The number of ether oxygens (including phenoxy) is 2. The van der Waals surface area contributed by atoms with Gasteiger partial charge in [-0.15, -0.1) is 0 Å². The maximum Gasteiger partial charge on any atom is 0.170 e. The molecule has 0 radical (unpaired) electrons. The van der Waals surface area contributed by atoms with Crippen LogP contribution in [0.4, 0.5) is 5.82 Å². The molecule has 0 aliphatic rings. The first-order valence-corrected chi connectivity index (χ1v) is 6.49. The van der Waals surface area contributed by atoms with E-state index < -0.39 is 0 Å². The van der Waals surface area contributed by atoms with Gasteiger partial charge in [0.15, 0.2) is 11.5 Å². The second kappa shape index (κ2) is 5.13. The Labute approximate surface area is 120 Å². The van der Waals surface area contributed by atoms with Crippen LogP contribution in [0.2, 0.25) is 0 Å². The predicted octanol–water partition coefficient (Wildman–Crippen LogP) is 2.76. The Morgan fingerprint density at radius 3 is 2.32 bits per heavy atom. The fourth-order valence-corrected chi connectivity index (χ4v) is 2.36. The summed E-state index contributed by atoms with van der Waals surface area (Å²) in [7, 11) is 5.03. The molecule has 0 amide bonds. The van der Waals surface area contributed by atoms with E-state index in [4.69, 9.17) is 15.2 Å². The number of nitrogens with zero attached hydrogens (tertiary/aromatic N) is 2. The Hall–Kier alpha value is -1.69. The van der Waals surface area contributed by atoms with Gasteiger partial charge in [0.05, 0.1) is 19.9 Å². The molecule has 19 heavy (non-hydrogen) atoms. The van der Waals surface area contributed by atoms with E-state index in [1.54, 1.807) is 32.0 Å². The van der Waals surface area contributed by atoms with Gasteiger partial charge >= 0.3 is 0 Å². The quantitative estimate of drug-likeness (QED) is 0.942. The third-order valence-electron chi connectivity index (χ3n) is 3.02. The molecule has 0 spiro atoms. The van der Waals surface area contributed by atoms with E-state index in [0.717, 1.165) is 21.3 Å². The lowest BCUT2D eigenvalue weighted by molar-refractivity contribution is 0.353. The molecule has 0 fully saturated rings. The summed E-state index contributed by atoms with van der Waals surface area (Å²) in [6, 6.07) is 3.76. The molecular formula is C13H16BrN3O2. The van der Waals surface area contributed by atoms with Gasteiger partial charge in [0, 0.05) is 28.7 Å². The van der Waals surface area contributed by atoms with Gasteiger partial charge in [0.2, 0.25) is 0 Å². The molecule has 1 heterocycles. The van der Waals surface area contributed by atoms with Gasteiger partial charge in [-0.05, 0) is 13.0 Å². The van der Waals surface area contributed by atoms with Crippen molar-refractivity contribution in [2.75, 3.05) is 20.0 Å². The Kier molecular flexibility index (Phi) is 3.71. The topological polar surface area (TPSA) is 62.3 Å². The number of hydrogen-bond donors (Lipinski definition) is 1. The largest absolute Gasteiger partial charge is 0.493 e. The van der Waals surface area contributed by atoms with Crippen LogP contribution in [0.3, 0.4) is 0 Å². The smallest absolute Gasteiger partial charge is 0.170 e. The first-order chi connectivity index (χ1) is 8.99. The highest BCUT2D eigenvalue weighted by atomic mass is 79.9. The summed E-state index contributed by atoms with van der Waals surface area (Å²) in [6.45, 7) is 1.96. The molecule has 1 aromatic heterocycles. The van der Waals surface area contributed by atoms with Crippen molar-refractivity contribution < 1.29 is 9.47 Å². The molecule has 0 saturated carbocycles. The number of anilines is 1. The van der Waals surface area contributed by atoms with Crippen molar-refractivity contribution in [1.29, 1.82) is 0 Å². The predicted molar refractivity (Wildman–Crippen MR) is 78.6 cm³/mol. The van der Waals surface area contributed by atoms with E-state index in [1.807, 2.05) is 13.0 Å². The van der Waals surface area contributed by atoms with Crippen molar-refractivity contribution in [3.05, 3.63) is 22.2 Å². The van der Waals surface area contributed by atoms with E-state index in [0.29, 0.717) is 17.3 Å². The van der Waals surface area contributed by atoms with Gasteiger partial charge in [-0.1, -0.05) is 15.9 Å². The number of benzene rings is 1. The van der Waals surface area contributed by atoms with Crippen LogP contribution in [-0.4, -0.2) is 24.0 Å². The molecule has 5 nitrogen and oxygen atoms in total. The minimum atomic E-state index is 0.590. The van der Waals surface area contributed by atoms with Crippen molar-refractivity contribution in [2.24, 2.45) is 7.05 Å². The number of nitrogens with two attached hydrogens (primary N) is 1. The lowest BCUT2D eigenvalue weighted by Crippen LogP contribution is -1.98. The van der Waals surface area contributed by atoms with Crippen LogP contribution in [0.25, 0.3) is 11.3 Å². The minimum Gasteiger partial charge on any atom is -0.493 e. The zero-order valence-corrected chi connectivity index (χ0v) is 12.9. The second-order valence-electron chi connectivity index (χ2n) is 4.18. The summed E-state index contributed by atoms with van der Waals surface area (Å²) in [5, 5.41) is 4.37. The van der Waals surface area contributed by atoms with E-state index in [-0.39, 0.29) is 0 Å². The standard InChI is InChI=1S/C13H16BrN3O2/c1-7-9(14)5-8(13(19-4)12(7)18-3)10-6-11(15)17(2)16-10/h5-6H,15H2,1-4H3. The number of halogens is 1. The number of aryl methyl sites for hydroxylation is 1. The molecule has 6 heteroatoms. The first kappa shape index (κ1) is 13.7. The fraction of sp³-hybridized carbons (Fsp3) is 0.308. The third-order valence-corrected chi connectivity index (χ3v) is 3.84. The van der Waals surface area contributed by atoms with Crippen LogP contribution in [0.15, 0.2) is 16.6 Å². The lowest BCUT2D eigenvalue weighted by Gasteiger charge is -2.15. The van der Waals surface area contributed by atoms with Crippen LogP contribution < -0.4 is 15.2 Å². The Bertz CT molecular complexity index is 603. The van der Waals surface area contributed by atoms with Gasteiger partial charge in [0.25, 0.3) is 0 Å². The van der Waals surface area contributed by atoms with E-state index in [1.165, 1.54) is 0 Å². The monoisotopic (exact) mass is 325 g/mol. The molecule has 0 atom stereocenters. The van der Waals surface area contributed by atoms with Crippen LogP contribution in [0.1, 0.15) is 5.56 Å². The average Bonchev–Trinajstić information content (AvgIpc) is 2.72. The normalized spacial score (nSPS) is 10.6. The van der Waals surface area contributed by atoms with Crippen LogP contribution in [0, 0.1) is 6.92 Å². The molecule has 0 bridgehead atoms. The van der Waals surface area contributed by atoms with Gasteiger partial charge < -0.3 is 15.2 Å². The zero-order chi connectivity index (χ0) is 14.2. The molecule has 102 valence electrons. The fourth-order valence-electron chi connectivity index (χ4n) is 1.95. The minimum absolute atomic E-state index is 0.590. The highest BCUT2D eigenvalue weighted by Gasteiger charge is 2.19. The van der Waals surface area contributed by atoms with Crippen LogP contribution in [-0.2, 0) is 7.05 Å². The highest BCUT2D eigenvalue weighted by Crippen LogP contribution is 2.43. The maximum atomic E-state index is 5.82. The van der Waals surface area contributed by atoms with E-state index in [2.05, 4.69) is 21.0 Å². The Morgan fingerprint density at radius 1 is 1.21 bits per heavy atom. The second-order valence-corrected chi connectivity index (χ2v) is 5.03. The SMILES string of the molecule is COc1c(-c2cc(N)n(C)n2)cc(Br)c(C)c1OC. The molecule has 0 saturated heterocycles. The van der Waals surface area contributed by atoms with Crippen LogP contribution >= 0.6 is 15.9 Å². The Balaban J connectivity index is 2.72. The number of aromatic nitrogens is 2. The molecule has 1 aromatic carbocycles. The summed E-state index contributed by atoms with van der Waals surface area (Å²) < 4.78 is 13.5. The highest BCUT2D eigenvalue weighted by molar-refractivity contribution is 9.10. The van der Waals surface area contributed by atoms with Gasteiger partial charge in [0.1, 0.15) is 5.82 Å². The number of methoxy groups -OCH3 is 2.